The zero-order chi connectivity index (χ0) is 38.8. The van der Waals surface area contributed by atoms with Crippen LogP contribution in [0.25, 0.3) is 67.5 Å². The maximum Gasteiger partial charge on any atom is 0.164 e. The summed E-state index contributed by atoms with van der Waals surface area (Å²) in [6, 6.07) is 72.1. The van der Waals surface area contributed by atoms with Crippen LogP contribution >= 0.6 is 0 Å². The minimum absolute atomic E-state index is 0.197. The summed E-state index contributed by atoms with van der Waals surface area (Å²) in [6.45, 7) is 4.76. The predicted octanol–water partition coefficient (Wildman–Crippen LogP) is 13.2. The van der Waals surface area contributed by atoms with Crippen LogP contribution in [0.3, 0.4) is 0 Å². The first kappa shape index (κ1) is 34.1. The second kappa shape index (κ2) is 13.2. The molecule has 9 aromatic rings. The Hall–Kier alpha value is -7.23. The molecule has 3 nitrogen and oxygen atoms in total. The summed E-state index contributed by atoms with van der Waals surface area (Å²) < 4.78 is 0. The Balaban J connectivity index is 1.09. The summed E-state index contributed by atoms with van der Waals surface area (Å²) in [5, 5.41) is 0. The molecule has 0 unspecified atom stereocenters. The fourth-order valence-corrected chi connectivity index (χ4v) is 9.70. The van der Waals surface area contributed by atoms with Crippen LogP contribution in [0.4, 0.5) is 0 Å². The van der Waals surface area contributed by atoms with Gasteiger partial charge in [-0.3, -0.25) is 0 Å². The lowest BCUT2D eigenvalue weighted by Gasteiger charge is -2.46. The highest BCUT2D eigenvalue weighted by Gasteiger charge is 2.53. The van der Waals surface area contributed by atoms with Gasteiger partial charge in [-0.05, 0) is 85.0 Å². The van der Waals surface area contributed by atoms with Gasteiger partial charge in [0.25, 0.3) is 0 Å². The number of fused-ring (bicyclic) bond motifs is 9. The lowest BCUT2D eigenvalue weighted by atomic mass is 9.55. The van der Waals surface area contributed by atoms with Crippen molar-refractivity contribution in [2.24, 2.45) is 0 Å². The molecular formula is C55H39N3. The van der Waals surface area contributed by atoms with Gasteiger partial charge in [0.1, 0.15) is 0 Å². The highest BCUT2D eigenvalue weighted by atomic mass is 15.0. The second-order valence-corrected chi connectivity index (χ2v) is 16.0. The van der Waals surface area contributed by atoms with Gasteiger partial charge in [-0.2, -0.15) is 0 Å². The third kappa shape index (κ3) is 5.17. The van der Waals surface area contributed by atoms with Crippen molar-refractivity contribution in [2.75, 3.05) is 0 Å². The Kier molecular flexibility index (Phi) is 7.74. The summed E-state index contributed by atoms with van der Waals surface area (Å²) in [4.78, 5) is 15.3. The van der Waals surface area contributed by atoms with Crippen molar-refractivity contribution in [2.45, 2.75) is 24.7 Å². The third-order valence-corrected chi connectivity index (χ3v) is 12.4. The molecule has 274 valence electrons. The molecule has 2 aliphatic carbocycles. The van der Waals surface area contributed by atoms with Gasteiger partial charge in [-0.25, -0.2) is 15.0 Å². The average Bonchev–Trinajstić information content (AvgIpc) is 3.59. The highest BCUT2D eigenvalue weighted by Crippen LogP contribution is 2.62. The first-order valence-corrected chi connectivity index (χ1v) is 20.0. The van der Waals surface area contributed by atoms with Crippen LogP contribution in [0.15, 0.2) is 200 Å². The first-order valence-electron chi connectivity index (χ1n) is 20.0. The first-order chi connectivity index (χ1) is 28.5. The van der Waals surface area contributed by atoms with Crippen LogP contribution < -0.4 is 0 Å². The van der Waals surface area contributed by atoms with E-state index >= 15 is 0 Å². The standard InChI is InChI=1S/C55H39N3/c1-54(2)47-29-13-14-30-49(47)55(45-27-11-9-25-43(45)44-26-10-12-28-46(44)55)50-35-40(31-32-48(50)54)39-22-16-24-42(34-39)53-57-51(37-19-7-4-8-20-37)56-52(58-53)41-23-15-21-38(33-41)36-17-5-3-6-18-36/h3-35H,1-2H3. The molecule has 1 aromatic heterocycles. The third-order valence-electron chi connectivity index (χ3n) is 12.4. The van der Waals surface area contributed by atoms with Gasteiger partial charge in [0, 0.05) is 22.1 Å². The van der Waals surface area contributed by atoms with E-state index in [4.69, 9.17) is 15.0 Å². The summed E-state index contributed by atoms with van der Waals surface area (Å²) >= 11 is 0. The summed E-state index contributed by atoms with van der Waals surface area (Å²) in [5.74, 6) is 1.92. The van der Waals surface area contributed by atoms with Crippen molar-refractivity contribution in [3.8, 4) is 67.5 Å². The Labute approximate surface area is 339 Å². The zero-order valence-corrected chi connectivity index (χ0v) is 32.4. The largest absolute Gasteiger partial charge is 0.208 e. The van der Waals surface area contributed by atoms with Gasteiger partial charge in [0.15, 0.2) is 17.5 Å². The predicted molar refractivity (Wildman–Crippen MR) is 236 cm³/mol. The molecule has 1 spiro atoms. The molecule has 0 radical (unpaired) electrons. The number of hydrogen-bond acceptors (Lipinski definition) is 3. The van der Waals surface area contributed by atoms with Gasteiger partial charge >= 0.3 is 0 Å². The summed E-state index contributed by atoms with van der Waals surface area (Å²) in [7, 11) is 0. The minimum atomic E-state index is -0.454. The number of rotatable bonds is 5. The molecule has 0 atom stereocenters. The van der Waals surface area contributed by atoms with Crippen LogP contribution in [0.2, 0.25) is 0 Å². The zero-order valence-electron chi connectivity index (χ0n) is 32.4. The van der Waals surface area contributed by atoms with E-state index in [1.54, 1.807) is 0 Å². The topological polar surface area (TPSA) is 38.7 Å². The van der Waals surface area contributed by atoms with E-state index in [1.807, 2.05) is 24.3 Å². The molecule has 0 amide bonds. The summed E-state index contributed by atoms with van der Waals surface area (Å²) in [6.07, 6.45) is 0. The molecule has 11 rings (SSSR count). The monoisotopic (exact) mass is 741 g/mol. The minimum Gasteiger partial charge on any atom is -0.208 e. The van der Waals surface area contributed by atoms with Crippen molar-refractivity contribution in [1.82, 2.24) is 15.0 Å². The number of hydrogen-bond donors (Lipinski definition) is 0. The number of nitrogens with zero attached hydrogens (tertiary/aromatic N) is 3. The lowest BCUT2D eigenvalue weighted by molar-refractivity contribution is 0.563. The van der Waals surface area contributed by atoms with Gasteiger partial charge in [0.05, 0.1) is 5.41 Å². The van der Waals surface area contributed by atoms with Crippen LogP contribution in [-0.4, -0.2) is 15.0 Å². The Morgan fingerprint density at radius 3 is 1.26 bits per heavy atom. The molecule has 0 bridgehead atoms. The SMILES string of the molecule is CC1(C)c2ccccc2C2(c3ccccc3-c3ccccc32)c2cc(-c3cccc(-c4nc(-c5ccccc5)nc(-c5cccc(-c6ccccc6)c5)n4)c3)ccc21. The molecular weight excluding hydrogens is 703 g/mol. The quantitative estimate of drug-likeness (QED) is 0.176. The normalized spacial score (nSPS) is 14.0. The number of benzene rings is 8. The van der Waals surface area contributed by atoms with Gasteiger partial charge in [-0.1, -0.05) is 196 Å². The van der Waals surface area contributed by atoms with Crippen molar-refractivity contribution in [3.63, 3.8) is 0 Å². The van der Waals surface area contributed by atoms with Crippen LogP contribution in [0.5, 0.6) is 0 Å². The molecule has 0 N–H and O–H groups in total. The smallest absolute Gasteiger partial charge is 0.164 e. The van der Waals surface area contributed by atoms with Gasteiger partial charge < -0.3 is 0 Å². The fraction of sp³-hybridized carbons (Fsp3) is 0.0727. The maximum atomic E-state index is 5.17. The Bertz CT molecular complexity index is 2990. The van der Waals surface area contributed by atoms with Gasteiger partial charge in [0.2, 0.25) is 0 Å². The van der Waals surface area contributed by atoms with Crippen LogP contribution in [0.1, 0.15) is 47.2 Å². The second-order valence-electron chi connectivity index (χ2n) is 16.0. The Morgan fingerprint density at radius 1 is 0.276 bits per heavy atom. The van der Waals surface area contributed by atoms with E-state index in [0.717, 1.165) is 38.9 Å². The molecule has 1 heterocycles. The van der Waals surface area contributed by atoms with Crippen LogP contribution in [-0.2, 0) is 10.8 Å². The van der Waals surface area contributed by atoms with Crippen molar-refractivity contribution in [1.29, 1.82) is 0 Å². The van der Waals surface area contributed by atoms with E-state index in [-0.39, 0.29) is 5.41 Å². The molecule has 3 heteroatoms. The lowest BCUT2D eigenvalue weighted by Crippen LogP contribution is -2.40. The van der Waals surface area contributed by atoms with Crippen molar-refractivity contribution < 1.29 is 0 Å². The molecule has 0 saturated heterocycles. The van der Waals surface area contributed by atoms with E-state index in [2.05, 4.69) is 190 Å². The van der Waals surface area contributed by atoms with Crippen molar-refractivity contribution in [3.05, 3.63) is 234 Å². The molecule has 58 heavy (non-hydrogen) atoms. The van der Waals surface area contributed by atoms with Crippen molar-refractivity contribution >= 4 is 0 Å². The molecule has 0 aliphatic heterocycles. The van der Waals surface area contributed by atoms with Crippen LogP contribution in [0, 0.1) is 0 Å². The molecule has 8 aromatic carbocycles. The Morgan fingerprint density at radius 2 is 0.672 bits per heavy atom. The van der Waals surface area contributed by atoms with Gasteiger partial charge in [-0.15, -0.1) is 0 Å². The van der Waals surface area contributed by atoms with E-state index in [1.165, 1.54) is 44.5 Å². The number of aromatic nitrogens is 3. The fourth-order valence-electron chi connectivity index (χ4n) is 9.70. The maximum absolute atomic E-state index is 5.17. The highest BCUT2D eigenvalue weighted by molar-refractivity contribution is 5.89. The molecule has 2 aliphatic rings. The van der Waals surface area contributed by atoms with E-state index < -0.39 is 5.41 Å². The molecule has 0 fully saturated rings. The van der Waals surface area contributed by atoms with E-state index in [0.29, 0.717) is 17.5 Å². The average molecular weight is 742 g/mol. The summed E-state index contributed by atoms with van der Waals surface area (Å²) in [5.41, 5.74) is 17.4. The van der Waals surface area contributed by atoms with E-state index in [9.17, 15) is 0 Å². The molecule has 0 saturated carbocycles.